The summed E-state index contributed by atoms with van der Waals surface area (Å²) < 4.78 is 18.8. The Labute approximate surface area is 101 Å². The van der Waals surface area contributed by atoms with Gasteiger partial charge in [0.05, 0.1) is 13.2 Å². The van der Waals surface area contributed by atoms with E-state index < -0.39 is 6.10 Å². The zero-order valence-corrected chi connectivity index (χ0v) is 9.95. The maximum atomic E-state index is 13.9. The highest BCUT2D eigenvalue weighted by Crippen LogP contribution is 2.22. The van der Waals surface area contributed by atoms with Crippen LogP contribution in [0.1, 0.15) is 18.4 Å². The second-order valence-corrected chi connectivity index (χ2v) is 4.41. The summed E-state index contributed by atoms with van der Waals surface area (Å²) in [5.41, 5.74) is 0.505. The van der Waals surface area contributed by atoms with Crippen molar-refractivity contribution in [2.45, 2.75) is 31.4 Å². The molecule has 94 valence electrons. The van der Waals surface area contributed by atoms with Gasteiger partial charge in [-0.1, -0.05) is 12.1 Å². The van der Waals surface area contributed by atoms with E-state index in [0.29, 0.717) is 12.0 Å². The minimum absolute atomic E-state index is 0.0839. The van der Waals surface area contributed by atoms with Crippen LogP contribution in [0.4, 0.5) is 4.39 Å². The number of ether oxygens (including phenoxy) is 1. The van der Waals surface area contributed by atoms with Crippen molar-refractivity contribution in [2.75, 3.05) is 13.7 Å². The first kappa shape index (κ1) is 12.3. The van der Waals surface area contributed by atoms with Gasteiger partial charge in [-0.3, -0.25) is 0 Å². The van der Waals surface area contributed by atoms with Crippen LogP contribution in [0.15, 0.2) is 18.2 Å². The maximum absolute atomic E-state index is 13.9. The van der Waals surface area contributed by atoms with Crippen LogP contribution >= 0.6 is 0 Å². The number of rotatable bonds is 4. The first-order valence-corrected chi connectivity index (χ1v) is 5.95. The molecule has 17 heavy (non-hydrogen) atoms. The van der Waals surface area contributed by atoms with E-state index >= 15 is 0 Å². The van der Waals surface area contributed by atoms with Gasteiger partial charge < -0.3 is 15.2 Å². The molecular weight excluding hydrogens is 221 g/mol. The van der Waals surface area contributed by atoms with Crippen molar-refractivity contribution in [1.82, 2.24) is 5.32 Å². The molecule has 0 amide bonds. The van der Waals surface area contributed by atoms with Crippen molar-refractivity contribution < 1.29 is 14.2 Å². The van der Waals surface area contributed by atoms with Crippen molar-refractivity contribution in [2.24, 2.45) is 0 Å². The number of methoxy groups -OCH3 is 1. The molecule has 0 spiro atoms. The van der Waals surface area contributed by atoms with E-state index in [2.05, 4.69) is 5.32 Å². The summed E-state index contributed by atoms with van der Waals surface area (Å²) in [7, 11) is 1.44. The second kappa shape index (κ2) is 5.47. The summed E-state index contributed by atoms with van der Waals surface area (Å²) in [5.74, 6) is -0.138. The highest BCUT2D eigenvalue weighted by molar-refractivity contribution is 5.31. The fraction of sp³-hybridized carbons (Fsp3) is 0.538. The van der Waals surface area contributed by atoms with Crippen LogP contribution in [-0.4, -0.2) is 30.9 Å². The highest BCUT2D eigenvalue weighted by atomic mass is 19.1. The summed E-state index contributed by atoms with van der Waals surface area (Å²) in [4.78, 5) is 0. The fourth-order valence-corrected chi connectivity index (χ4v) is 2.28. The Morgan fingerprint density at radius 3 is 3.06 bits per heavy atom. The number of hydrogen-bond acceptors (Lipinski definition) is 3. The van der Waals surface area contributed by atoms with Gasteiger partial charge >= 0.3 is 0 Å². The standard InChI is InChI=1S/C13H18FNO2/c1-17-12-6-2-4-9(13(12)14)8-11(16)10-5-3-7-15-10/h2,4,6,10-11,15-16H,3,5,7-8H2,1H3. The van der Waals surface area contributed by atoms with E-state index in [-0.39, 0.29) is 17.6 Å². The summed E-state index contributed by atoms with van der Waals surface area (Å²) in [6.45, 7) is 0.933. The number of nitrogens with one attached hydrogen (secondary N) is 1. The molecule has 2 atom stereocenters. The van der Waals surface area contributed by atoms with Crippen LogP contribution in [-0.2, 0) is 6.42 Å². The van der Waals surface area contributed by atoms with Gasteiger partial charge in [0, 0.05) is 12.5 Å². The van der Waals surface area contributed by atoms with Gasteiger partial charge in [0.15, 0.2) is 11.6 Å². The lowest BCUT2D eigenvalue weighted by Crippen LogP contribution is -2.36. The molecule has 4 heteroatoms. The van der Waals surface area contributed by atoms with Crippen LogP contribution in [0, 0.1) is 5.82 Å². The van der Waals surface area contributed by atoms with Crippen LogP contribution < -0.4 is 10.1 Å². The number of hydrogen-bond donors (Lipinski definition) is 2. The molecule has 1 fully saturated rings. The third kappa shape index (κ3) is 2.76. The summed E-state index contributed by atoms with van der Waals surface area (Å²) >= 11 is 0. The Bertz CT molecular complexity index is 378. The largest absolute Gasteiger partial charge is 0.494 e. The minimum atomic E-state index is -0.542. The first-order valence-electron chi connectivity index (χ1n) is 5.95. The van der Waals surface area contributed by atoms with E-state index in [0.717, 1.165) is 19.4 Å². The van der Waals surface area contributed by atoms with Gasteiger partial charge in [0.2, 0.25) is 0 Å². The Kier molecular flexibility index (Phi) is 3.97. The predicted molar refractivity (Wildman–Crippen MR) is 63.7 cm³/mol. The Morgan fingerprint density at radius 2 is 2.41 bits per heavy atom. The lowest BCUT2D eigenvalue weighted by molar-refractivity contribution is 0.135. The molecule has 0 aromatic heterocycles. The summed E-state index contributed by atoms with van der Waals surface area (Å²) in [5, 5.41) is 13.2. The molecule has 2 unspecified atom stereocenters. The number of aliphatic hydroxyl groups excluding tert-OH is 1. The molecule has 0 bridgehead atoms. The molecule has 1 aliphatic rings. The molecule has 1 aliphatic heterocycles. The van der Waals surface area contributed by atoms with Crippen LogP contribution in [0.25, 0.3) is 0 Å². The second-order valence-electron chi connectivity index (χ2n) is 4.41. The van der Waals surface area contributed by atoms with E-state index in [1.54, 1.807) is 18.2 Å². The number of halogens is 1. The van der Waals surface area contributed by atoms with Gasteiger partial charge in [-0.2, -0.15) is 0 Å². The molecule has 1 aromatic rings. The molecule has 0 radical (unpaired) electrons. The van der Waals surface area contributed by atoms with Crippen molar-refractivity contribution in [3.05, 3.63) is 29.6 Å². The van der Waals surface area contributed by atoms with Crippen LogP contribution in [0.2, 0.25) is 0 Å². The van der Waals surface area contributed by atoms with Gasteiger partial charge in [-0.25, -0.2) is 4.39 Å². The molecule has 3 nitrogen and oxygen atoms in total. The predicted octanol–water partition coefficient (Wildman–Crippen LogP) is 1.49. The average Bonchev–Trinajstić information content (AvgIpc) is 2.85. The van der Waals surface area contributed by atoms with Crippen LogP contribution in [0.3, 0.4) is 0 Å². The van der Waals surface area contributed by atoms with Crippen LogP contribution in [0.5, 0.6) is 5.75 Å². The van der Waals surface area contributed by atoms with Gasteiger partial charge in [-0.05, 0) is 31.0 Å². The van der Waals surface area contributed by atoms with Crippen molar-refractivity contribution in [3.63, 3.8) is 0 Å². The van der Waals surface area contributed by atoms with E-state index in [1.165, 1.54) is 7.11 Å². The van der Waals surface area contributed by atoms with Gasteiger partial charge in [-0.15, -0.1) is 0 Å². The third-order valence-electron chi connectivity index (χ3n) is 3.26. The van der Waals surface area contributed by atoms with E-state index in [9.17, 15) is 9.50 Å². The molecular formula is C13H18FNO2. The number of aliphatic hydroxyl groups is 1. The molecule has 1 saturated heterocycles. The summed E-state index contributed by atoms with van der Waals surface area (Å²) in [6.07, 6.45) is 1.80. The third-order valence-corrected chi connectivity index (χ3v) is 3.26. The highest BCUT2D eigenvalue weighted by Gasteiger charge is 2.24. The molecule has 0 saturated carbocycles. The quantitative estimate of drug-likeness (QED) is 0.836. The number of benzene rings is 1. The monoisotopic (exact) mass is 239 g/mol. The van der Waals surface area contributed by atoms with E-state index in [1.807, 2.05) is 0 Å². The zero-order chi connectivity index (χ0) is 12.3. The Balaban J connectivity index is 2.07. The lowest BCUT2D eigenvalue weighted by Gasteiger charge is -2.18. The topological polar surface area (TPSA) is 41.5 Å². The van der Waals surface area contributed by atoms with Crippen molar-refractivity contribution in [3.8, 4) is 5.75 Å². The van der Waals surface area contributed by atoms with Crippen molar-refractivity contribution in [1.29, 1.82) is 0 Å². The normalized spacial score (nSPS) is 21.5. The maximum Gasteiger partial charge on any atom is 0.168 e. The smallest absolute Gasteiger partial charge is 0.168 e. The molecule has 1 aromatic carbocycles. The Morgan fingerprint density at radius 1 is 1.59 bits per heavy atom. The van der Waals surface area contributed by atoms with E-state index in [4.69, 9.17) is 4.74 Å². The fourth-order valence-electron chi connectivity index (χ4n) is 2.28. The van der Waals surface area contributed by atoms with Gasteiger partial charge in [0.25, 0.3) is 0 Å². The minimum Gasteiger partial charge on any atom is -0.494 e. The first-order chi connectivity index (χ1) is 8.22. The van der Waals surface area contributed by atoms with Crippen molar-refractivity contribution >= 4 is 0 Å². The molecule has 2 rings (SSSR count). The Hall–Kier alpha value is -1.13. The SMILES string of the molecule is COc1cccc(CC(O)C2CCCN2)c1F. The lowest BCUT2D eigenvalue weighted by atomic mass is 10.0. The zero-order valence-electron chi connectivity index (χ0n) is 9.95. The average molecular weight is 239 g/mol. The summed E-state index contributed by atoms with van der Waals surface area (Å²) in [6, 6.07) is 5.10. The molecule has 2 N–H and O–H groups in total. The molecule has 1 heterocycles. The van der Waals surface area contributed by atoms with Gasteiger partial charge in [0.1, 0.15) is 0 Å². The molecule has 0 aliphatic carbocycles.